The van der Waals surface area contributed by atoms with E-state index in [1.54, 1.807) is 0 Å². The van der Waals surface area contributed by atoms with E-state index < -0.39 is 0 Å². The highest BCUT2D eigenvalue weighted by Crippen LogP contribution is 2.38. The molecule has 138 valence electrons. The molecule has 0 spiro atoms. The monoisotopic (exact) mass is 338 g/mol. The van der Waals surface area contributed by atoms with Gasteiger partial charge in [-0.1, -0.05) is 25.5 Å². The molecule has 1 amide bonds. The normalized spacial score (nSPS) is 29.0. The lowest BCUT2D eigenvalue weighted by molar-refractivity contribution is -0.134. The molecule has 0 aromatic heterocycles. The molecule has 0 aromatic rings. The second-order valence-corrected chi connectivity index (χ2v) is 7.75. The van der Waals surface area contributed by atoms with Crippen molar-refractivity contribution in [2.45, 2.75) is 33.6 Å². The largest absolute Gasteiger partial charge is 0.396 e. The molecule has 1 saturated heterocycles. The number of carbonyl (C=O) groups excluding carboxylic acids is 1. The van der Waals surface area contributed by atoms with E-state index >= 15 is 0 Å². The second kappa shape index (κ2) is 8.97. The van der Waals surface area contributed by atoms with E-state index in [-0.39, 0.29) is 25.0 Å². The molecular weight excluding hydrogens is 304 g/mol. The van der Waals surface area contributed by atoms with E-state index in [0.717, 1.165) is 32.6 Å². The fraction of sp³-hybridized carbons (Fsp3) is 0.842. The van der Waals surface area contributed by atoms with Gasteiger partial charge in [0.15, 0.2) is 0 Å². The summed E-state index contributed by atoms with van der Waals surface area (Å²) in [5, 5.41) is 18.6. The Bertz CT molecular complexity index is 442. The predicted octanol–water partition coefficient (Wildman–Crippen LogP) is 1.36. The smallest absolute Gasteiger partial charge is 0.223 e. The third-order valence-corrected chi connectivity index (χ3v) is 5.86. The number of piperazine rings is 1. The van der Waals surface area contributed by atoms with Crippen LogP contribution in [0.1, 0.15) is 33.6 Å². The molecule has 1 aliphatic heterocycles. The summed E-state index contributed by atoms with van der Waals surface area (Å²) in [4.78, 5) is 16.9. The SMILES string of the molecule is CC1=CC(CO)C(C(C)C)CC1CC(=O)N1CCN(CCO)CC1. The summed E-state index contributed by atoms with van der Waals surface area (Å²) < 4.78 is 0. The Kier molecular flexibility index (Phi) is 7.26. The fourth-order valence-electron chi connectivity index (χ4n) is 4.19. The van der Waals surface area contributed by atoms with Crippen molar-refractivity contribution in [3.8, 4) is 0 Å². The minimum Gasteiger partial charge on any atom is -0.396 e. The van der Waals surface area contributed by atoms with Gasteiger partial charge in [-0.25, -0.2) is 0 Å². The second-order valence-electron chi connectivity index (χ2n) is 7.75. The molecule has 5 nitrogen and oxygen atoms in total. The molecule has 3 atom stereocenters. The Morgan fingerprint density at radius 3 is 2.46 bits per heavy atom. The van der Waals surface area contributed by atoms with E-state index in [1.165, 1.54) is 5.57 Å². The van der Waals surface area contributed by atoms with Gasteiger partial charge < -0.3 is 15.1 Å². The van der Waals surface area contributed by atoms with Crippen LogP contribution in [0.2, 0.25) is 0 Å². The summed E-state index contributed by atoms with van der Waals surface area (Å²) in [7, 11) is 0. The van der Waals surface area contributed by atoms with E-state index in [9.17, 15) is 9.90 Å². The van der Waals surface area contributed by atoms with Gasteiger partial charge in [0.1, 0.15) is 0 Å². The Balaban J connectivity index is 1.91. The van der Waals surface area contributed by atoms with Gasteiger partial charge in [0, 0.05) is 51.7 Å². The summed E-state index contributed by atoms with van der Waals surface area (Å²) in [5.41, 5.74) is 1.26. The zero-order chi connectivity index (χ0) is 17.7. The van der Waals surface area contributed by atoms with E-state index in [2.05, 4.69) is 31.7 Å². The zero-order valence-corrected chi connectivity index (χ0v) is 15.4. The zero-order valence-electron chi connectivity index (χ0n) is 15.4. The lowest BCUT2D eigenvalue weighted by Gasteiger charge is -2.38. The number of hydrogen-bond donors (Lipinski definition) is 2. The van der Waals surface area contributed by atoms with Crippen LogP contribution in [0.3, 0.4) is 0 Å². The lowest BCUT2D eigenvalue weighted by atomic mass is 9.70. The number of hydrogen-bond acceptors (Lipinski definition) is 4. The van der Waals surface area contributed by atoms with Gasteiger partial charge in [0.25, 0.3) is 0 Å². The molecule has 0 saturated carbocycles. The Morgan fingerprint density at radius 1 is 1.25 bits per heavy atom. The van der Waals surface area contributed by atoms with Gasteiger partial charge in [-0.2, -0.15) is 0 Å². The molecule has 0 radical (unpaired) electrons. The first-order valence-electron chi connectivity index (χ1n) is 9.36. The molecule has 1 fully saturated rings. The van der Waals surface area contributed by atoms with Crippen LogP contribution < -0.4 is 0 Å². The summed E-state index contributed by atoms with van der Waals surface area (Å²) in [6.45, 7) is 10.8. The number of amides is 1. The van der Waals surface area contributed by atoms with Crippen molar-refractivity contribution in [2.75, 3.05) is 45.9 Å². The number of aliphatic hydroxyl groups is 2. The highest BCUT2D eigenvalue weighted by Gasteiger charge is 2.33. The molecule has 0 bridgehead atoms. The van der Waals surface area contributed by atoms with Crippen molar-refractivity contribution in [2.24, 2.45) is 23.7 Å². The fourth-order valence-corrected chi connectivity index (χ4v) is 4.19. The van der Waals surface area contributed by atoms with E-state index in [1.807, 2.05) is 4.90 Å². The number of β-amino-alcohol motifs (C(OH)–C–C–N with tert-alkyl or cyclic N) is 1. The highest BCUT2D eigenvalue weighted by atomic mass is 16.3. The number of nitrogens with zero attached hydrogens (tertiary/aromatic N) is 2. The highest BCUT2D eigenvalue weighted by molar-refractivity contribution is 5.77. The average molecular weight is 338 g/mol. The maximum absolute atomic E-state index is 12.7. The van der Waals surface area contributed by atoms with Crippen molar-refractivity contribution < 1.29 is 15.0 Å². The first-order chi connectivity index (χ1) is 11.5. The minimum absolute atomic E-state index is 0.183. The Hall–Kier alpha value is -0.910. The summed E-state index contributed by atoms with van der Waals surface area (Å²) in [6, 6.07) is 0. The number of allylic oxidation sites excluding steroid dienone is 1. The van der Waals surface area contributed by atoms with Gasteiger partial charge >= 0.3 is 0 Å². The summed E-state index contributed by atoms with van der Waals surface area (Å²) in [5.74, 6) is 1.77. The van der Waals surface area contributed by atoms with Crippen LogP contribution in [0, 0.1) is 23.7 Å². The third kappa shape index (κ3) is 4.80. The molecule has 24 heavy (non-hydrogen) atoms. The molecule has 3 unspecified atom stereocenters. The first kappa shape index (κ1) is 19.4. The number of rotatable bonds is 6. The van der Waals surface area contributed by atoms with Gasteiger partial charge in [0.05, 0.1) is 6.61 Å². The summed E-state index contributed by atoms with van der Waals surface area (Å²) in [6.07, 6.45) is 3.79. The first-order valence-corrected chi connectivity index (χ1v) is 9.36. The van der Waals surface area contributed by atoms with Crippen molar-refractivity contribution >= 4 is 5.91 Å². The standard InChI is InChI=1S/C19H34N2O3/c1-14(2)18-11-16(15(3)10-17(18)13-23)12-19(24)21-6-4-20(5-7-21)8-9-22/h10,14,16-18,22-23H,4-9,11-13H2,1-3H3. The maximum atomic E-state index is 12.7. The molecule has 2 aliphatic rings. The van der Waals surface area contributed by atoms with Crippen molar-refractivity contribution in [3.05, 3.63) is 11.6 Å². The predicted molar refractivity (Wildman–Crippen MR) is 95.5 cm³/mol. The van der Waals surface area contributed by atoms with Crippen LogP contribution >= 0.6 is 0 Å². The van der Waals surface area contributed by atoms with E-state index in [0.29, 0.717) is 30.7 Å². The molecule has 0 aromatic carbocycles. The van der Waals surface area contributed by atoms with Gasteiger partial charge in [-0.3, -0.25) is 9.69 Å². The average Bonchev–Trinajstić information content (AvgIpc) is 2.57. The van der Waals surface area contributed by atoms with Gasteiger partial charge in [-0.05, 0) is 31.1 Å². The Morgan fingerprint density at radius 2 is 1.92 bits per heavy atom. The third-order valence-electron chi connectivity index (χ3n) is 5.86. The molecular formula is C19H34N2O3. The maximum Gasteiger partial charge on any atom is 0.223 e. The van der Waals surface area contributed by atoms with Crippen LogP contribution in [0.4, 0.5) is 0 Å². The van der Waals surface area contributed by atoms with Gasteiger partial charge in [0.2, 0.25) is 5.91 Å². The topological polar surface area (TPSA) is 64.0 Å². The van der Waals surface area contributed by atoms with Crippen LogP contribution in [0.5, 0.6) is 0 Å². The minimum atomic E-state index is 0.183. The summed E-state index contributed by atoms with van der Waals surface area (Å²) >= 11 is 0. The Labute approximate surface area is 146 Å². The molecule has 5 heteroatoms. The van der Waals surface area contributed by atoms with Crippen molar-refractivity contribution in [1.82, 2.24) is 9.80 Å². The molecule has 1 heterocycles. The molecule has 2 rings (SSSR count). The molecule has 1 aliphatic carbocycles. The van der Waals surface area contributed by atoms with Crippen molar-refractivity contribution in [1.29, 1.82) is 0 Å². The van der Waals surface area contributed by atoms with Gasteiger partial charge in [-0.15, -0.1) is 0 Å². The van der Waals surface area contributed by atoms with Crippen LogP contribution in [0.25, 0.3) is 0 Å². The van der Waals surface area contributed by atoms with Crippen LogP contribution in [0.15, 0.2) is 11.6 Å². The lowest BCUT2D eigenvalue weighted by Crippen LogP contribution is -2.49. The number of carbonyl (C=O) groups is 1. The van der Waals surface area contributed by atoms with Crippen molar-refractivity contribution in [3.63, 3.8) is 0 Å². The van der Waals surface area contributed by atoms with Crippen LogP contribution in [-0.2, 0) is 4.79 Å². The van der Waals surface area contributed by atoms with Crippen LogP contribution in [-0.4, -0.2) is 71.9 Å². The number of aliphatic hydroxyl groups excluding tert-OH is 2. The van der Waals surface area contributed by atoms with E-state index in [4.69, 9.17) is 5.11 Å². The molecule has 2 N–H and O–H groups in total. The quantitative estimate of drug-likeness (QED) is 0.718.